The van der Waals surface area contributed by atoms with Crippen LogP contribution in [-0.4, -0.2) is 29.9 Å². The average Bonchev–Trinajstić information content (AvgIpc) is 2.46. The van der Waals surface area contributed by atoms with Crippen molar-refractivity contribution in [2.45, 2.75) is 77.3 Å². The van der Waals surface area contributed by atoms with Crippen molar-refractivity contribution in [3.05, 3.63) is 0 Å². The maximum absolute atomic E-state index is 12.8. The van der Waals surface area contributed by atoms with Crippen LogP contribution >= 0.6 is 0 Å². The summed E-state index contributed by atoms with van der Waals surface area (Å²) in [4.78, 5) is 14.9. The number of nitrogens with two attached hydrogens (primary N) is 1. The Hall–Kier alpha value is -0.570. The van der Waals surface area contributed by atoms with Crippen LogP contribution in [0.25, 0.3) is 0 Å². The van der Waals surface area contributed by atoms with E-state index in [4.69, 9.17) is 5.73 Å². The van der Waals surface area contributed by atoms with Gasteiger partial charge < -0.3 is 10.6 Å². The van der Waals surface area contributed by atoms with Gasteiger partial charge >= 0.3 is 0 Å². The largest absolute Gasteiger partial charge is 0.342 e. The Morgan fingerprint density at radius 1 is 1.15 bits per heavy atom. The molecule has 0 spiro atoms. The van der Waals surface area contributed by atoms with Crippen molar-refractivity contribution < 1.29 is 4.79 Å². The van der Waals surface area contributed by atoms with Crippen molar-refractivity contribution in [1.82, 2.24) is 4.90 Å². The predicted molar refractivity (Wildman–Crippen MR) is 83.3 cm³/mol. The maximum atomic E-state index is 12.8. The summed E-state index contributed by atoms with van der Waals surface area (Å²) in [5, 5.41) is 0. The van der Waals surface area contributed by atoms with Gasteiger partial charge in [-0.15, -0.1) is 0 Å². The molecule has 3 unspecified atom stereocenters. The van der Waals surface area contributed by atoms with Gasteiger partial charge in [-0.1, -0.05) is 26.7 Å². The SMILES string of the molecule is CCC1CCC(N(C)C(=O)C2C(C)CCCC2N)CC1. The van der Waals surface area contributed by atoms with Crippen molar-refractivity contribution in [3.8, 4) is 0 Å². The highest BCUT2D eigenvalue weighted by molar-refractivity contribution is 5.80. The van der Waals surface area contributed by atoms with Crippen LogP contribution in [0.2, 0.25) is 0 Å². The summed E-state index contributed by atoms with van der Waals surface area (Å²) in [6.07, 6.45) is 9.55. The standard InChI is InChI=1S/C17H32N2O/c1-4-13-8-10-14(11-9-13)19(3)17(20)16-12(2)6-5-7-15(16)18/h12-16H,4-11,18H2,1-3H3. The lowest BCUT2D eigenvalue weighted by Gasteiger charge is -2.40. The number of carbonyl (C=O) groups is 1. The molecule has 2 aliphatic carbocycles. The molecule has 2 saturated carbocycles. The Morgan fingerprint density at radius 2 is 1.80 bits per heavy atom. The zero-order valence-corrected chi connectivity index (χ0v) is 13.5. The number of amides is 1. The van der Waals surface area contributed by atoms with Crippen LogP contribution in [0.5, 0.6) is 0 Å². The first-order valence-corrected chi connectivity index (χ1v) is 8.56. The molecule has 3 atom stereocenters. The summed E-state index contributed by atoms with van der Waals surface area (Å²) in [6.45, 7) is 4.48. The second kappa shape index (κ2) is 6.93. The summed E-state index contributed by atoms with van der Waals surface area (Å²) < 4.78 is 0. The van der Waals surface area contributed by atoms with Crippen LogP contribution in [0.3, 0.4) is 0 Å². The lowest BCUT2D eigenvalue weighted by Crippen LogP contribution is -2.51. The first-order valence-electron chi connectivity index (χ1n) is 8.56. The normalized spacial score (nSPS) is 38.5. The van der Waals surface area contributed by atoms with Gasteiger partial charge in [0.05, 0.1) is 5.92 Å². The Balaban J connectivity index is 1.94. The highest BCUT2D eigenvalue weighted by Gasteiger charge is 2.37. The topological polar surface area (TPSA) is 46.3 Å². The summed E-state index contributed by atoms with van der Waals surface area (Å²) in [5.74, 6) is 1.69. The third-order valence-electron chi connectivity index (χ3n) is 5.85. The van der Waals surface area contributed by atoms with Gasteiger partial charge in [0.1, 0.15) is 0 Å². The van der Waals surface area contributed by atoms with Crippen LogP contribution in [0.4, 0.5) is 0 Å². The van der Waals surface area contributed by atoms with Crippen molar-refractivity contribution >= 4 is 5.91 Å². The lowest BCUT2D eigenvalue weighted by molar-refractivity contribution is -0.140. The number of carbonyl (C=O) groups excluding carboxylic acids is 1. The van der Waals surface area contributed by atoms with Crippen LogP contribution < -0.4 is 5.73 Å². The quantitative estimate of drug-likeness (QED) is 0.863. The van der Waals surface area contributed by atoms with Crippen LogP contribution in [0, 0.1) is 17.8 Å². The molecule has 0 aromatic rings. The fraction of sp³-hybridized carbons (Fsp3) is 0.941. The number of nitrogens with zero attached hydrogens (tertiary/aromatic N) is 1. The van der Waals surface area contributed by atoms with Gasteiger partial charge in [-0.25, -0.2) is 0 Å². The minimum Gasteiger partial charge on any atom is -0.342 e. The van der Waals surface area contributed by atoms with Crippen LogP contribution in [-0.2, 0) is 4.79 Å². The minimum atomic E-state index is 0.0534. The van der Waals surface area contributed by atoms with E-state index in [2.05, 4.69) is 13.8 Å². The molecule has 20 heavy (non-hydrogen) atoms. The van der Waals surface area contributed by atoms with E-state index in [-0.39, 0.29) is 12.0 Å². The van der Waals surface area contributed by atoms with Crippen LogP contribution in [0.1, 0.15) is 65.2 Å². The first-order chi connectivity index (χ1) is 9.54. The highest BCUT2D eigenvalue weighted by atomic mass is 16.2. The molecule has 2 N–H and O–H groups in total. The van der Waals surface area contributed by atoms with Gasteiger partial charge in [-0.2, -0.15) is 0 Å². The van der Waals surface area contributed by atoms with Gasteiger partial charge in [0.2, 0.25) is 5.91 Å². The molecule has 1 amide bonds. The smallest absolute Gasteiger partial charge is 0.227 e. The Bertz CT molecular complexity index is 313. The van der Waals surface area contributed by atoms with Crippen molar-refractivity contribution in [2.24, 2.45) is 23.5 Å². The minimum absolute atomic E-state index is 0.0534. The zero-order chi connectivity index (χ0) is 14.7. The fourth-order valence-electron chi connectivity index (χ4n) is 4.24. The predicted octanol–water partition coefficient (Wildman–Crippen LogP) is 3.18. The maximum Gasteiger partial charge on any atom is 0.227 e. The molecule has 0 aliphatic heterocycles. The highest BCUT2D eigenvalue weighted by Crippen LogP contribution is 2.33. The molecule has 2 aliphatic rings. The van der Waals surface area contributed by atoms with Gasteiger partial charge in [0.15, 0.2) is 0 Å². The molecule has 2 rings (SSSR count). The Morgan fingerprint density at radius 3 is 2.35 bits per heavy atom. The van der Waals surface area contributed by atoms with Crippen molar-refractivity contribution in [3.63, 3.8) is 0 Å². The van der Waals surface area contributed by atoms with E-state index in [0.29, 0.717) is 17.9 Å². The third-order valence-corrected chi connectivity index (χ3v) is 5.85. The number of rotatable bonds is 3. The average molecular weight is 280 g/mol. The molecular weight excluding hydrogens is 248 g/mol. The summed E-state index contributed by atoms with van der Waals surface area (Å²) in [6, 6.07) is 0.521. The number of hydrogen-bond donors (Lipinski definition) is 1. The number of hydrogen-bond acceptors (Lipinski definition) is 2. The summed E-state index contributed by atoms with van der Waals surface area (Å²) in [5.41, 5.74) is 6.23. The third kappa shape index (κ3) is 3.36. The second-order valence-electron chi connectivity index (χ2n) is 7.13. The second-order valence-corrected chi connectivity index (χ2v) is 7.13. The van der Waals surface area contributed by atoms with Gasteiger partial charge in [-0.3, -0.25) is 4.79 Å². The van der Waals surface area contributed by atoms with E-state index in [0.717, 1.165) is 18.8 Å². The summed E-state index contributed by atoms with van der Waals surface area (Å²) >= 11 is 0. The molecule has 0 radical (unpaired) electrons. The molecular formula is C17H32N2O. The molecule has 116 valence electrons. The van der Waals surface area contributed by atoms with Gasteiger partial charge in [0.25, 0.3) is 0 Å². The lowest BCUT2D eigenvalue weighted by atomic mass is 9.76. The fourth-order valence-corrected chi connectivity index (χ4v) is 4.24. The monoisotopic (exact) mass is 280 g/mol. The van der Waals surface area contributed by atoms with Crippen molar-refractivity contribution in [1.29, 1.82) is 0 Å². The van der Waals surface area contributed by atoms with Crippen molar-refractivity contribution in [2.75, 3.05) is 7.05 Å². The van der Waals surface area contributed by atoms with Gasteiger partial charge in [-0.05, 0) is 50.4 Å². The van der Waals surface area contributed by atoms with Crippen LogP contribution in [0.15, 0.2) is 0 Å². The van der Waals surface area contributed by atoms with E-state index in [1.807, 2.05) is 11.9 Å². The Labute approximate surface area is 124 Å². The first kappa shape index (κ1) is 15.8. The van der Waals surface area contributed by atoms with E-state index in [9.17, 15) is 4.79 Å². The molecule has 0 saturated heterocycles. The molecule has 2 fully saturated rings. The summed E-state index contributed by atoms with van der Waals surface area (Å²) in [7, 11) is 2.01. The molecule has 3 nitrogen and oxygen atoms in total. The molecule has 0 aromatic heterocycles. The van der Waals surface area contributed by atoms with E-state index < -0.39 is 0 Å². The zero-order valence-electron chi connectivity index (χ0n) is 13.5. The Kier molecular flexibility index (Phi) is 5.48. The molecule has 0 heterocycles. The van der Waals surface area contributed by atoms with Gasteiger partial charge in [0, 0.05) is 19.1 Å². The molecule has 0 bridgehead atoms. The van der Waals surface area contributed by atoms with E-state index in [1.165, 1.54) is 38.5 Å². The molecule has 3 heteroatoms. The van der Waals surface area contributed by atoms with E-state index in [1.54, 1.807) is 0 Å². The molecule has 0 aromatic carbocycles. The van der Waals surface area contributed by atoms with E-state index >= 15 is 0 Å².